The molecule has 0 aromatic carbocycles. The maximum Gasteiger partial charge on any atom is 0.429 e. The Bertz CT molecular complexity index is 736. The molecule has 0 saturated heterocycles. The van der Waals surface area contributed by atoms with Crippen LogP contribution in [-0.4, -0.2) is 60.9 Å². The third kappa shape index (κ3) is 6.25. The van der Waals surface area contributed by atoms with Crippen LogP contribution < -0.4 is 0 Å². The second-order valence-corrected chi connectivity index (χ2v) is 6.61. The van der Waals surface area contributed by atoms with E-state index in [2.05, 4.69) is 16.1 Å². The van der Waals surface area contributed by atoms with E-state index in [0.29, 0.717) is 0 Å². The Kier molecular flexibility index (Phi) is 7.20. The SMILES string of the molecule is C=C(C(=O)OC(C(F)(F)F)C(C)(F)C(=O)OCC(F)(F)S(=O)(=O)O)C(F)(F)F. The summed E-state index contributed by atoms with van der Waals surface area (Å²) in [6.45, 7) is -0.915. The minimum Gasteiger partial charge on any atom is -0.455 e. The quantitative estimate of drug-likeness (QED) is 0.271. The molecule has 0 radical (unpaired) electrons. The molecule has 7 nitrogen and oxygen atoms in total. The summed E-state index contributed by atoms with van der Waals surface area (Å²) in [5, 5.41) is -5.26. The Balaban J connectivity index is 5.65. The van der Waals surface area contributed by atoms with Crippen molar-refractivity contribution in [1.82, 2.24) is 0 Å². The first-order valence-corrected chi connectivity index (χ1v) is 7.74. The molecule has 0 rings (SSSR count). The minimum absolute atomic E-state index is 0.345. The van der Waals surface area contributed by atoms with Gasteiger partial charge in [0.15, 0.2) is 6.61 Å². The number of carbonyl (C=O) groups is 2. The molecule has 1 N–H and O–H groups in total. The molecular weight excluding hydrogens is 447 g/mol. The topological polar surface area (TPSA) is 107 Å². The first-order valence-electron chi connectivity index (χ1n) is 6.30. The number of alkyl halides is 9. The average Bonchev–Trinajstić information content (AvgIpc) is 2.45. The molecule has 0 aliphatic rings. The van der Waals surface area contributed by atoms with Crippen molar-refractivity contribution in [3.63, 3.8) is 0 Å². The van der Waals surface area contributed by atoms with Crippen molar-refractivity contribution in [3.8, 4) is 0 Å². The summed E-state index contributed by atoms with van der Waals surface area (Å²) in [6, 6.07) is 0. The van der Waals surface area contributed by atoms with Gasteiger partial charge in [0.05, 0.1) is 0 Å². The number of hydrogen-bond donors (Lipinski definition) is 1. The molecule has 0 saturated carbocycles. The van der Waals surface area contributed by atoms with Gasteiger partial charge in [-0.3, -0.25) is 4.55 Å². The molecule has 164 valence electrons. The van der Waals surface area contributed by atoms with Gasteiger partial charge < -0.3 is 9.47 Å². The number of halogens is 9. The number of carbonyl (C=O) groups excluding carboxylic acids is 2. The van der Waals surface area contributed by atoms with Crippen molar-refractivity contribution in [1.29, 1.82) is 0 Å². The smallest absolute Gasteiger partial charge is 0.429 e. The lowest BCUT2D eigenvalue weighted by Gasteiger charge is -2.30. The van der Waals surface area contributed by atoms with E-state index in [4.69, 9.17) is 4.55 Å². The molecule has 0 aliphatic heterocycles. The van der Waals surface area contributed by atoms with Gasteiger partial charge in [0.2, 0.25) is 11.8 Å². The monoisotopic (exact) mass is 456 g/mol. The Morgan fingerprint density at radius 3 is 1.79 bits per heavy atom. The first-order chi connectivity index (χ1) is 12.0. The van der Waals surface area contributed by atoms with E-state index in [1.54, 1.807) is 0 Å². The first kappa shape index (κ1) is 26.0. The van der Waals surface area contributed by atoms with Gasteiger partial charge in [-0.2, -0.15) is 43.5 Å². The van der Waals surface area contributed by atoms with Crippen LogP contribution >= 0.6 is 0 Å². The van der Waals surface area contributed by atoms with Crippen molar-refractivity contribution >= 4 is 22.1 Å². The van der Waals surface area contributed by atoms with E-state index in [9.17, 15) is 57.5 Å². The molecule has 28 heavy (non-hydrogen) atoms. The maximum atomic E-state index is 14.2. The van der Waals surface area contributed by atoms with Crippen LogP contribution in [0.5, 0.6) is 0 Å². The largest absolute Gasteiger partial charge is 0.455 e. The third-order valence-corrected chi connectivity index (χ3v) is 3.62. The summed E-state index contributed by atoms with van der Waals surface area (Å²) in [5.74, 6) is -5.72. The van der Waals surface area contributed by atoms with Gasteiger partial charge in [-0.1, -0.05) is 6.58 Å². The van der Waals surface area contributed by atoms with Gasteiger partial charge >= 0.3 is 39.7 Å². The lowest BCUT2D eigenvalue weighted by atomic mass is 10.0. The van der Waals surface area contributed by atoms with Gasteiger partial charge in [-0.15, -0.1) is 0 Å². The zero-order valence-corrected chi connectivity index (χ0v) is 14.0. The van der Waals surface area contributed by atoms with Gasteiger partial charge in [-0.25, -0.2) is 14.0 Å². The van der Waals surface area contributed by atoms with Crippen molar-refractivity contribution < 1.29 is 71.5 Å². The fourth-order valence-corrected chi connectivity index (χ4v) is 1.46. The van der Waals surface area contributed by atoms with Crippen LogP contribution in [0.3, 0.4) is 0 Å². The van der Waals surface area contributed by atoms with Crippen LogP contribution in [0.4, 0.5) is 39.5 Å². The van der Waals surface area contributed by atoms with E-state index in [0.717, 1.165) is 0 Å². The van der Waals surface area contributed by atoms with Crippen LogP contribution in [-0.2, 0) is 29.2 Å². The van der Waals surface area contributed by atoms with Crippen LogP contribution in [0.2, 0.25) is 0 Å². The summed E-state index contributed by atoms with van der Waals surface area (Å²) in [4.78, 5) is 22.4. The number of ether oxygens (including phenoxy) is 2. The zero-order valence-electron chi connectivity index (χ0n) is 13.2. The molecule has 0 aromatic heterocycles. The van der Waals surface area contributed by atoms with Crippen LogP contribution in [0, 0.1) is 0 Å². The summed E-state index contributed by atoms with van der Waals surface area (Å²) >= 11 is 0. The van der Waals surface area contributed by atoms with E-state index < -0.39 is 63.6 Å². The number of rotatable bonds is 7. The van der Waals surface area contributed by atoms with Crippen molar-refractivity contribution in [2.75, 3.05) is 6.61 Å². The van der Waals surface area contributed by atoms with E-state index in [-0.39, 0.29) is 6.92 Å². The van der Waals surface area contributed by atoms with Crippen LogP contribution in [0.15, 0.2) is 12.2 Å². The maximum absolute atomic E-state index is 14.2. The summed E-state index contributed by atoms with van der Waals surface area (Å²) in [5.41, 5.74) is -7.11. The highest BCUT2D eigenvalue weighted by Gasteiger charge is 2.61. The van der Waals surface area contributed by atoms with Gasteiger partial charge in [-0.05, 0) is 6.92 Å². The highest BCUT2D eigenvalue weighted by Crippen LogP contribution is 2.36. The predicted molar refractivity (Wildman–Crippen MR) is 68.1 cm³/mol. The van der Waals surface area contributed by atoms with E-state index >= 15 is 0 Å². The predicted octanol–water partition coefficient (Wildman–Crippen LogP) is 2.33. The number of esters is 2. The van der Waals surface area contributed by atoms with Gasteiger partial charge in [0.1, 0.15) is 5.57 Å². The average molecular weight is 456 g/mol. The molecule has 0 bridgehead atoms. The second-order valence-electron chi connectivity index (χ2n) is 5.07. The Labute approximate surface area is 149 Å². The molecule has 2 unspecified atom stereocenters. The minimum atomic E-state index is -6.22. The third-order valence-electron chi connectivity index (χ3n) is 2.75. The van der Waals surface area contributed by atoms with Gasteiger partial charge in [0.25, 0.3) is 0 Å². The van der Waals surface area contributed by atoms with Crippen molar-refractivity contribution in [2.24, 2.45) is 0 Å². The molecule has 0 amide bonds. The Morgan fingerprint density at radius 2 is 1.46 bits per heavy atom. The molecule has 0 aromatic rings. The molecule has 2 atom stereocenters. The summed E-state index contributed by atoms with van der Waals surface area (Å²) < 4.78 is 150. The van der Waals surface area contributed by atoms with E-state index in [1.807, 2.05) is 0 Å². The van der Waals surface area contributed by atoms with Crippen molar-refractivity contribution in [3.05, 3.63) is 12.2 Å². The number of hydrogen-bond acceptors (Lipinski definition) is 6. The molecule has 0 aliphatic carbocycles. The normalized spacial score (nSPS) is 16.7. The standard InChI is InChI=1S/C11H9F9O7S/c1-4(10(15,16)17)5(21)27-6(11(18,19)20)8(2,12)7(22)26-3-9(13,14)28(23,24)25/h6H,1,3H2,2H3,(H,23,24,25). The zero-order chi connectivity index (χ0) is 22.9. The van der Waals surface area contributed by atoms with Crippen LogP contribution in [0.25, 0.3) is 0 Å². The van der Waals surface area contributed by atoms with Gasteiger partial charge in [0, 0.05) is 0 Å². The fourth-order valence-electron chi connectivity index (χ4n) is 1.25. The van der Waals surface area contributed by atoms with Crippen LogP contribution in [0.1, 0.15) is 6.92 Å². The summed E-state index contributed by atoms with van der Waals surface area (Å²) in [6.07, 6.45) is -15.9. The Morgan fingerprint density at radius 1 is 1.04 bits per heavy atom. The van der Waals surface area contributed by atoms with E-state index in [1.165, 1.54) is 0 Å². The second kappa shape index (κ2) is 7.76. The lowest BCUT2D eigenvalue weighted by molar-refractivity contribution is -0.253. The summed E-state index contributed by atoms with van der Waals surface area (Å²) in [7, 11) is -6.22. The molecule has 0 spiro atoms. The van der Waals surface area contributed by atoms with Crippen molar-refractivity contribution in [2.45, 2.75) is 36.3 Å². The molecule has 0 heterocycles. The molecule has 17 heteroatoms. The lowest BCUT2D eigenvalue weighted by Crippen LogP contribution is -2.55. The molecule has 0 fully saturated rings. The molecular formula is C11H9F9O7S. The highest BCUT2D eigenvalue weighted by atomic mass is 32.2. The Hall–Kier alpha value is -2.04. The fraction of sp³-hybridized carbons (Fsp3) is 0.636. The highest BCUT2D eigenvalue weighted by molar-refractivity contribution is 7.86.